The number of allylic oxidation sites excluding steroid dienone is 2. The zero-order valence-electron chi connectivity index (χ0n) is 24.2. The summed E-state index contributed by atoms with van der Waals surface area (Å²) in [4.78, 5) is 36.5. The van der Waals surface area contributed by atoms with Gasteiger partial charge in [-0.05, 0) is 56.6 Å². The molecule has 1 unspecified atom stereocenters. The van der Waals surface area contributed by atoms with E-state index in [1.54, 1.807) is 6.08 Å². The topological polar surface area (TPSA) is 89.9 Å². The van der Waals surface area contributed by atoms with E-state index in [0.29, 0.717) is 36.2 Å². The first-order chi connectivity index (χ1) is 19.2. The van der Waals surface area contributed by atoms with Gasteiger partial charge in [-0.1, -0.05) is 49.8 Å². The number of hydrogen-bond donors (Lipinski definition) is 1. The van der Waals surface area contributed by atoms with Gasteiger partial charge in [0.05, 0.1) is 18.1 Å². The van der Waals surface area contributed by atoms with Crippen LogP contribution in [0.5, 0.6) is 0 Å². The van der Waals surface area contributed by atoms with Crippen LogP contribution in [0, 0.1) is 17.8 Å². The van der Waals surface area contributed by atoms with Gasteiger partial charge in [-0.15, -0.1) is 23.6 Å². The molecule has 2 rings (SSSR count). The molecule has 0 heterocycles. The maximum absolute atomic E-state index is 13.4. The summed E-state index contributed by atoms with van der Waals surface area (Å²) < 4.78 is 10.3. The van der Waals surface area contributed by atoms with Crippen LogP contribution in [0.4, 0.5) is 0 Å². The van der Waals surface area contributed by atoms with E-state index in [9.17, 15) is 19.5 Å². The van der Waals surface area contributed by atoms with E-state index >= 15 is 0 Å². The Morgan fingerprint density at radius 3 is 2.38 bits per heavy atom. The van der Waals surface area contributed by atoms with Crippen molar-refractivity contribution in [3.05, 3.63) is 58.5 Å². The molecule has 0 aromatic heterocycles. The highest BCUT2D eigenvalue weighted by Gasteiger charge is 2.41. The lowest BCUT2D eigenvalue weighted by Crippen LogP contribution is -2.28. The lowest BCUT2D eigenvalue weighted by molar-refractivity contribution is -0.146. The highest BCUT2D eigenvalue weighted by atomic mass is 32.2. The first-order valence-corrected chi connectivity index (χ1v) is 15.3. The number of unbranched alkanes of at least 4 members (excludes halogenated alkanes) is 4. The van der Waals surface area contributed by atoms with Gasteiger partial charge in [0.2, 0.25) is 0 Å². The summed E-state index contributed by atoms with van der Waals surface area (Å²) in [6.45, 7) is 5.08. The summed E-state index contributed by atoms with van der Waals surface area (Å²) in [7, 11) is 0. The van der Waals surface area contributed by atoms with Crippen LogP contribution in [0.15, 0.2) is 53.0 Å². The van der Waals surface area contributed by atoms with Gasteiger partial charge < -0.3 is 14.6 Å². The van der Waals surface area contributed by atoms with Gasteiger partial charge in [0.25, 0.3) is 0 Å². The number of esters is 2. The fourth-order valence-corrected chi connectivity index (χ4v) is 5.61. The zero-order chi connectivity index (χ0) is 29.2. The van der Waals surface area contributed by atoms with Crippen LogP contribution >= 0.6 is 11.8 Å². The standard InChI is InChI=1S/C33H44O6S/c1-4-5-6-7-8-9-15-21-33(37)23-31(40-22-20-28-16-11-10-12-17-28)32(36)30(33)19-14-13-18-29(24-38-26(2)34)25-39-27(3)35/h10-12,16-17,19,23,29,37H,4,7-9,13-15,18,20-22,24-25H2,1-3H3. The summed E-state index contributed by atoms with van der Waals surface area (Å²) in [6.07, 6.45) is 11.4. The number of ether oxygens (including phenoxy) is 2. The van der Waals surface area contributed by atoms with E-state index in [0.717, 1.165) is 44.3 Å². The van der Waals surface area contributed by atoms with Crippen LogP contribution < -0.4 is 0 Å². The molecule has 0 spiro atoms. The Hall–Kier alpha value is -2.82. The van der Waals surface area contributed by atoms with E-state index in [4.69, 9.17) is 9.47 Å². The molecule has 1 atom stereocenters. The van der Waals surface area contributed by atoms with E-state index in [-0.39, 0.29) is 36.9 Å². The van der Waals surface area contributed by atoms with E-state index in [1.165, 1.54) is 31.2 Å². The lowest BCUT2D eigenvalue weighted by atomic mass is 9.89. The molecule has 6 nitrogen and oxygen atoms in total. The highest BCUT2D eigenvalue weighted by molar-refractivity contribution is 8.04. The molecule has 0 saturated heterocycles. The first-order valence-electron chi connectivity index (χ1n) is 14.3. The third-order valence-corrected chi connectivity index (χ3v) is 7.69. The number of aryl methyl sites for hydroxylation is 1. The third kappa shape index (κ3) is 12.6. The van der Waals surface area contributed by atoms with E-state index in [2.05, 4.69) is 24.0 Å². The quantitative estimate of drug-likeness (QED) is 0.101. The molecule has 0 aliphatic heterocycles. The maximum Gasteiger partial charge on any atom is 0.302 e. The fraction of sp³-hybridized carbons (Fsp3) is 0.545. The number of carbonyl (C=O) groups is 3. The van der Waals surface area contributed by atoms with Crippen molar-refractivity contribution in [3.8, 4) is 11.8 Å². The summed E-state index contributed by atoms with van der Waals surface area (Å²) in [5, 5.41) is 11.6. The highest BCUT2D eigenvalue weighted by Crippen LogP contribution is 2.40. The molecule has 1 aliphatic carbocycles. The van der Waals surface area contributed by atoms with Crippen LogP contribution in [0.1, 0.15) is 84.1 Å². The molecule has 0 saturated carbocycles. The first kappa shape index (κ1) is 33.4. The summed E-state index contributed by atoms with van der Waals surface area (Å²) >= 11 is 1.50. The maximum atomic E-state index is 13.4. The summed E-state index contributed by atoms with van der Waals surface area (Å²) in [5.74, 6) is 6.03. The minimum Gasteiger partial charge on any atom is -0.465 e. The minimum atomic E-state index is -1.27. The average Bonchev–Trinajstić information content (AvgIpc) is 3.16. The van der Waals surface area contributed by atoms with Crippen molar-refractivity contribution in [3.63, 3.8) is 0 Å². The number of Topliss-reactive ketones (excluding diaryl/α,β-unsaturated/α-hetero) is 1. The Balaban J connectivity index is 2.02. The summed E-state index contributed by atoms with van der Waals surface area (Å²) in [5.41, 5.74) is 0.406. The SMILES string of the molecule is CCC#CCCCCCC1(O)C=C(SCCc2ccccc2)C(=O)C1=CCCCC(COC(C)=O)COC(C)=O. The Bertz CT molecular complexity index is 1060. The molecule has 1 aromatic carbocycles. The van der Waals surface area contributed by atoms with E-state index < -0.39 is 5.60 Å². The second-order valence-electron chi connectivity index (χ2n) is 10.1. The second kappa shape index (κ2) is 18.5. The number of hydrogen-bond acceptors (Lipinski definition) is 7. The molecule has 0 amide bonds. The Kier molecular flexibility index (Phi) is 15.5. The van der Waals surface area contributed by atoms with Gasteiger partial charge >= 0.3 is 11.9 Å². The predicted molar refractivity (Wildman–Crippen MR) is 160 cm³/mol. The number of aliphatic hydroxyl groups is 1. The molecule has 0 radical (unpaired) electrons. The number of thioether (sulfide) groups is 1. The van der Waals surface area contributed by atoms with Crippen molar-refractivity contribution < 1.29 is 29.0 Å². The minimum absolute atomic E-state index is 0.0919. The predicted octanol–water partition coefficient (Wildman–Crippen LogP) is 6.36. The number of rotatable bonds is 17. The lowest BCUT2D eigenvalue weighted by Gasteiger charge is -2.22. The van der Waals surface area contributed by atoms with Gasteiger partial charge in [-0.2, -0.15) is 0 Å². The number of benzene rings is 1. The van der Waals surface area contributed by atoms with Crippen molar-refractivity contribution in [2.45, 2.75) is 90.6 Å². The molecule has 1 aromatic rings. The van der Waals surface area contributed by atoms with Crippen molar-refractivity contribution in [1.29, 1.82) is 0 Å². The van der Waals surface area contributed by atoms with Gasteiger partial charge in [0, 0.05) is 43.9 Å². The molecule has 0 fully saturated rings. The Morgan fingerprint density at radius 2 is 1.73 bits per heavy atom. The molecule has 1 aliphatic rings. The van der Waals surface area contributed by atoms with Gasteiger partial charge in [0.1, 0.15) is 5.60 Å². The molecule has 7 heteroatoms. The Morgan fingerprint density at radius 1 is 1.02 bits per heavy atom. The monoisotopic (exact) mass is 568 g/mol. The molecule has 40 heavy (non-hydrogen) atoms. The molecular formula is C33H44O6S. The van der Waals surface area contributed by atoms with Crippen molar-refractivity contribution >= 4 is 29.5 Å². The Labute approximate surface area is 244 Å². The van der Waals surface area contributed by atoms with Gasteiger partial charge in [-0.3, -0.25) is 14.4 Å². The van der Waals surface area contributed by atoms with Crippen LogP contribution in [0.25, 0.3) is 0 Å². The van der Waals surface area contributed by atoms with Gasteiger partial charge in [0.15, 0.2) is 5.78 Å². The summed E-state index contributed by atoms with van der Waals surface area (Å²) in [6, 6.07) is 10.2. The van der Waals surface area contributed by atoms with Crippen molar-refractivity contribution in [1.82, 2.24) is 0 Å². The normalized spacial score (nSPS) is 17.5. The third-order valence-electron chi connectivity index (χ3n) is 6.67. The van der Waals surface area contributed by atoms with E-state index in [1.807, 2.05) is 31.2 Å². The fourth-order valence-electron chi connectivity index (χ4n) is 4.53. The number of carbonyl (C=O) groups excluding carboxylic acids is 3. The molecule has 1 N–H and O–H groups in total. The van der Waals surface area contributed by atoms with Gasteiger partial charge in [-0.25, -0.2) is 0 Å². The van der Waals surface area contributed by atoms with Crippen LogP contribution in [-0.4, -0.2) is 47.4 Å². The van der Waals surface area contributed by atoms with Crippen LogP contribution in [0.2, 0.25) is 0 Å². The van der Waals surface area contributed by atoms with Crippen molar-refractivity contribution in [2.75, 3.05) is 19.0 Å². The van der Waals surface area contributed by atoms with Crippen molar-refractivity contribution in [2.24, 2.45) is 5.92 Å². The zero-order valence-corrected chi connectivity index (χ0v) is 25.0. The smallest absolute Gasteiger partial charge is 0.302 e. The molecular weight excluding hydrogens is 524 g/mol. The van der Waals surface area contributed by atoms with Crippen LogP contribution in [-0.2, 0) is 30.3 Å². The molecule has 218 valence electrons. The average molecular weight is 569 g/mol. The number of ketones is 1. The second-order valence-corrected chi connectivity index (χ2v) is 11.3. The molecule has 0 bridgehead atoms. The van der Waals surface area contributed by atoms with Crippen LogP contribution in [0.3, 0.4) is 0 Å². The largest absolute Gasteiger partial charge is 0.465 e.